The number of aryl methyl sites for hydroxylation is 1. The van der Waals surface area contributed by atoms with Gasteiger partial charge in [0, 0.05) is 34.8 Å². The number of rotatable bonds is 5. The molecule has 5 rings (SSSR count). The maximum absolute atomic E-state index is 12.0. The Morgan fingerprint density at radius 3 is 2.73 bits per heavy atom. The summed E-state index contributed by atoms with van der Waals surface area (Å²) in [4.78, 5) is 15.8. The number of carbonyl (C=O) groups is 1. The Balaban J connectivity index is 1.65. The van der Waals surface area contributed by atoms with E-state index in [1.165, 1.54) is 40.6 Å². The summed E-state index contributed by atoms with van der Waals surface area (Å²) >= 11 is 0. The Hall–Kier alpha value is -3.12. The van der Waals surface area contributed by atoms with Gasteiger partial charge >= 0.3 is 0 Å². The first-order chi connectivity index (χ1) is 16.0. The van der Waals surface area contributed by atoms with Crippen LogP contribution in [0.25, 0.3) is 27.7 Å². The highest BCUT2D eigenvalue weighted by atomic mass is 16.1. The van der Waals surface area contributed by atoms with Gasteiger partial charge in [0.25, 0.3) is 0 Å². The van der Waals surface area contributed by atoms with Crippen molar-refractivity contribution >= 4 is 22.3 Å². The average Bonchev–Trinajstić information content (AvgIpc) is 3.41. The van der Waals surface area contributed by atoms with Crippen LogP contribution in [0.3, 0.4) is 0 Å². The Morgan fingerprint density at radius 1 is 1.21 bits per heavy atom. The van der Waals surface area contributed by atoms with Gasteiger partial charge in [-0.2, -0.15) is 5.10 Å². The normalized spacial score (nSPS) is 15.1. The molecule has 0 saturated carbocycles. The Labute approximate surface area is 194 Å². The number of benzene rings is 1. The van der Waals surface area contributed by atoms with Gasteiger partial charge in [-0.25, -0.2) is 4.52 Å². The standard InChI is InChI=1S/C27H33N5O/c1-16(2)26-22-12-19(18-7-9-29-10-8-18)5-6-23(22)31-27(26)20-11-17(3)32-24(13-20)21(15-30-32)14-25(33)28-4/h5-6,11-13,15-16,18,29,31H,7-10,14H2,1-4H3,(H,28,33). The molecule has 3 N–H and O–H groups in total. The molecule has 0 spiro atoms. The summed E-state index contributed by atoms with van der Waals surface area (Å²) in [6.07, 6.45) is 4.53. The molecule has 4 heterocycles. The van der Waals surface area contributed by atoms with Gasteiger partial charge in [-0.3, -0.25) is 4.79 Å². The lowest BCUT2D eigenvalue weighted by Crippen LogP contribution is -2.26. The van der Waals surface area contributed by atoms with Gasteiger partial charge in [0.2, 0.25) is 5.91 Å². The zero-order valence-electron chi connectivity index (χ0n) is 20.0. The molecular weight excluding hydrogens is 410 g/mol. The minimum absolute atomic E-state index is 0.00752. The van der Waals surface area contributed by atoms with Crippen molar-refractivity contribution in [1.29, 1.82) is 0 Å². The number of hydrogen-bond acceptors (Lipinski definition) is 3. The van der Waals surface area contributed by atoms with Crippen LogP contribution in [0.2, 0.25) is 0 Å². The van der Waals surface area contributed by atoms with Gasteiger partial charge in [-0.15, -0.1) is 0 Å². The second-order valence-electron chi connectivity index (χ2n) is 9.60. The second kappa shape index (κ2) is 8.67. The van der Waals surface area contributed by atoms with Gasteiger partial charge in [0.15, 0.2) is 0 Å². The van der Waals surface area contributed by atoms with Gasteiger partial charge in [-0.05, 0) is 80.1 Å². The highest BCUT2D eigenvalue weighted by molar-refractivity contribution is 5.93. The molecule has 1 fully saturated rings. The van der Waals surface area contributed by atoms with Crippen molar-refractivity contribution in [3.05, 3.63) is 58.9 Å². The van der Waals surface area contributed by atoms with E-state index >= 15 is 0 Å². The smallest absolute Gasteiger partial charge is 0.224 e. The number of fused-ring (bicyclic) bond motifs is 2. The third kappa shape index (κ3) is 3.93. The largest absolute Gasteiger partial charge is 0.359 e. The molecule has 4 aromatic rings. The molecule has 3 aromatic heterocycles. The maximum Gasteiger partial charge on any atom is 0.224 e. The molecule has 1 saturated heterocycles. The van der Waals surface area contributed by atoms with Crippen molar-refractivity contribution in [3.63, 3.8) is 0 Å². The van der Waals surface area contributed by atoms with Crippen LogP contribution in [0.5, 0.6) is 0 Å². The van der Waals surface area contributed by atoms with E-state index in [9.17, 15) is 4.79 Å². The summed E-state index contributed by atoms with van der Waals surface area (Å²) in [6, 6.07) is 11.3. The molecule has 1 amide bonds. The van der Waals surface area contributed by atoms with Crippen LogP contribution in [-0.2, 0) is 11.2 Å². The van der Waals surface area contributed by atoms with Crippen LogP contribution in [-0.4, -0.2) is 40.6 Å². The predicted octanol–water partition coefficient (Wildman–Crippen LogP) is 4.67. The first kappa shape index (κ1) is 21.7. The summed E-state index contributed by atoms with van der Waals surface area (Å²) in [7, 11) is 1.67. The number of likely N-dealkylation sites (N-methyl/N-ethyl adjacent to an activating group) is 1. The molecule has 1 aliphatic heterocycles. The lowest BCUT2D eigenvalue weighted by atomic mass is 9.88. The molecule has 0 unspecified atom stereocenters. The molecule has 6 nitrogen and oxygen atoms in total. The summed E-state index contributed by atoms with van der Waals surface area (Å²) in [5, 5.41) is 12.0. The topological polar surface area (TPSA) is 74.2 Å². The maximum atomic E-state index is 12.0. The number of aromatic nitrogens is 3. The first-order valence-corrected chi connectivity index (χ1v) is 12.0. The van der Waals surface area contributed by atoms with Crippen LogP contribution < -0.4 is 10.6 Å². The fourth-order valence-corrected chi connectivity index (χ4v) is 5.31. The van der Waals surface area contributed by atoms with Gasteiger partial charge in [0.05, 0.1) is 23.8 Å². The van der Waals surface area contributed by atoms with Crippen molar-refractivity contribution in [2.24, 2.45) is 0 Å². The van der Waals surface area contributed by atoms with Crippen LogP contribution in [0.4, 0.5) is 0 Å². The van der Waals surface area contributed by atoms with Crippen LogP contribution in [0.1, 0.15) is 60.9 Å². The van der Waals surface area contributed by atoms with Crippen LogP contribution in [0, 0.1) is 6.92 Å². The molecule has 172 valence electrons. The van der Waals surface area contributed by atoms with Gasteiger partial charge in [-0.1, -0.05) is 19.9 Å². The van der Waals surface area contributed by atoms with Gasteiger partial charge < -0.3 is 15.6 Å². The Kier molecular flexibility index (Phi) is 5.71. The number of pyridine rings is 1. The fourth-order valence-electron chi connectivity index (χ4n) is 5.31. The highest BCUT2D eigenvalue weighted by Crippen LogP contribution is 2.38. The number of piperidine rings is 1. The zero-order chi connectivity index (χ0) is 23.1. The van der Waals surface area contributed by atoms with Crippen molar-refractivity contribution in [1.82, 2.24) is 25.2 Å². The third-order valence-electron chi connectivity index (χ3n) is 7.05. The third-order valence-corrected chi connectivity index (χ3v) is 7.05. The minimum atomic E-state index is -0.00752. The quantitative estimate of drug-likeness (QED) is 0.420. The lowest BCUT2D eigenvalue weighted by Gasteiger charge is -2.23. The number of carbonyl (C=O) groups excluding carboxylic acids is 1. The van der Waals surface area contributed by atoms with E-state index in [1.54, 1.807) is 13.2 Å². The highest BCUT2D eigenvalue weighted by Gasteiger charge is 2.21. The summed E-state index contributed by atoms with van der Waals surface area (Å²) < 4.78 is 1.93. The van der Waals surface area contributed by atoms with E-state index in [-0.39, 0.29) is 5.91 Å². The van der Waals surface area contributed by atoms with E-state index in [4.69, 9.17) is 0 Å². The van der Waals surface area contributed by atoms with E-state index < -0.39 is 0 Å². The minimum Gasteiger partial charge on any atom is -0.359 e. The molecule has 1 aromatic carbocycles. The van der Waals surface area contributed by atoms with Gasteiger partial charge in [0.1, 0.15) is 0 Å². The van der Waals surface area contributed by atoms with Crippen LogP contribution >= 0.6 is 0 Å². The van der Waals surface area contributed by atoms with Crippen molar-refractivity contribution in [3.8, 4) is 11.3 Å². The second-order valence-corrected chi connectivity index (χ2v) is 9.60. The molecule has 0 atom stereocenters. The average molecular weight is 444 g/mol. The van der Waals surface area contributed by atoms with Crippen molar-refractivity contribution in [2.45, 2.75) is 51.9 Å². The molecular formula is C27H33N5O. The molecule has 0 aliphatic carbocycles. The number of nitrogens with one attached hydrogen (secondary N) is 3. The van der Waals surface area contributed by atoms with Crippen molar-refractivity contribution in [2.75, 3.05) is 20.1 Å². The number of amides is 1. The summed E-state index contributed by atoms with van der Waals surface area (Å²) in [6.45, 7) is 8.80. The Morgan fingerprint density at radius 2 is 2.00 bits per heavy atom. The van der Waals surface area contributed by atoms with Crippen LogP contribution in [0.15, 0.2) is 36.5 Å². The van der Waals surface area contributed by atoms with E-state index in [0.29, 0.717) is 18.3 Å². The SMILES string of the molecule is CNC(=O)Cc1cnn2c(C)cc(-c3[nH]c4ccc(C5CCNCC5)cc4c3C(C)C)cc12. The number of H-pyrrole nitrogens is 1. The van der Waals surface area contributed by atoms with E-state index in [1.807, 2.05) is 4.52 Å². The molecule has 1 aliphatic rings. The molecule has 0 bridgehead atoms. The molecule has 0 radical (unpaired) electrons. The Bertz CT molecular complexity index is 1320. The van der Waals surface area contributed by atoms with E-state index in [2.05, 4.69) is 71.8 Å². The lowest BCUT2D eigenvalue weighted by molar-refractivity contribution is -0.119. The predicted molar refractivity (Wildman–Crippen MR) is 134 cm³/mol. The monoisotopic (exact) mass is 443 g/mol. The number of nitrogens with zero attached hydrogens (tertiary/aromatic N) is 2. The van der Waals surface area contributed by atoms with E-state index in [0.717, 1.165) is 35.4 Å². The molecule has 6 heteroatoms. The first-order valence-electron chi connectivity index (χ1n) is 12.0. The fraction of sp³-hybridized carbons (Fsp3) is 0.407. The number of aromatic amines is 1. The number of hydrogen-bond donors (Lipinski definition) is 3. The zero-order valence-corrected chi connectivity index (χ0v) is 20.0. The summed E-state index contributed by atoms with van der Waals surface area (Å²) in [5.74, 6) is 1.00. The van der Waals surface area contributed by atoms with Crippen molar-refractivity contribution < 1.29 is 4.79 Å². The molecule has 33 heavy (non-hydrogen) atoms. The summed E-state index contributed by atoms with van der Waals surface area (Å²) in [5.41, 5.74) is 9.27.